The van der Waals surface area contributed by atoms with Crippen molar-refractivity contribution in [2.24, 2.45) is 0 Å². The summed E-state index contributed by atoms with van der Waals surface area (Å²) >= 11 is 1.50. The molecule has 0 atom stereocenters. The fraction of sp³-hybridized carbons (Fsp3) is 0.389. The van der Waals surface area contributed by atoms with Crippen LogP contribution in [0.5, 0.6) is 0 Å². The van der Waals surface area contributed by atoms with E-state index in [4.69, 9.17) is 4.74 Å². The topological polar surface area (TPSA) is 67.9 Å². The number of hydrogen-bond acceptors (Lipinski definition) is 5. The van der Waals surface area contributed by atoms with Gasteiger partial charge in [-0.05, 0) is 44.9 Å². The molecule has 5 nitrogen and oxygen atoms in total. The van der Waals surface area contributed by atoms with Crippen LogP contribution in [-0.2, 0) is 22.7 Å². The summed E-state index contributed by atoms with van der Waals surface area (Å²) < 4.78 is 7.38. The van der Waals surface area contributed by atoms with Gasteiger partial charge in [0.05, 0.1) is 10.7 Å². The fourth-order valence-corrected chi connectivity index (χ4v) is 3.12. The Morgan fingerprint density at radius 1 is 1.46 bits per heavy atom. The van der Waals surface area contributed by atoms with Crippen molar-refractivity contribution in [1.82, 2.24) is 9.55 Å². The lowest BCUT2D eigenvalue weighted by atomic mass is 10.1. The molecule has 0 aliphatic rings. The van der Waals surface area contributed by atoms with Crippen LogP contribution in [0, 0.1) is 32.1 Å². The molecule has 0 saturated heterocycles. The third-order valence-corrected chi connectivity index (χ3v) is 4.54. The predicted octanol–water partition coefficient (Wildman–Crippen LogP) is 3.93. The number of carbonyl (C=O) groups excluding carboxylic acids is 1. The Hall–Kier alpha value is -2.39. The van der Waals surface area contributed by atoms with Gasteiger partial charge >= 0.3 is 5.97 Å². The summed E-state index contributed by atoms with van der Waals surface area (Å²) in [5, 5.41) is 12.1. The van der Waals surface area contributed by atoms with Gasteiger partial charge in [0.15, 0.2) is 0 Å². The zero-order valence-corrected chi connectivity index (χ0v) is 15.2. The first-order chi connectivity index (χ1) is 11.5. The van der Waals surface area contributed by atoms with Crippen LogP contribution in [0.25, 0.3) is 6.08 Å². The molecule has 2 rings (SSSR count). The van der Waals surface area contributed by atoms with Crippen molar-refractivity contribution in [1.29, 1.82) is 5.26 Å². The molecule has 2 aromatic rings. The molecule has 0 aliphatic heterocycles. The van der Waals surface area contributed by atoms with Gasteiger partial charge in [0, 0.05) is 23.3 Å². The van der Waals surface area contributed by atoms with Gasteiger partial charge in [-0.2, -0.15) is 5.26 Å². The van der Waals surface area contributed by atoms with E-state index in [0.717, 1.165) is 34.9 Å². The zero-order valence-electron chi connectivity index (χ0n) is 14.4. The predicted molar refractivity (Wildman–Crippen MR) is 94.4 cm³/mol. The molecule has 0 fully saturated rings. The van der Waals surface area contributed by atoms with E-state index in [2.05, 4.69) is 16.5 Å². The third kappa shape index (κ3) is 4.12. The number of aryl methyl sites for hydroxylation is 2. The SMILES string of the molecule is CCCn1c(C)cc(/C=C(\C#N)C(=O)OCc2csc(C)n2)c1C. The zero-order chi connectivity index (χ0) is 17.7. The van der Waals surface area contributed by atoms with Gasteiger partial charge in [-0.3, -0.25) is 0 Å². The van der Waals surface area contributed by atoms with Crippen LogP contribution >= 0.6 is 11.3 Å². The molecular weight excluding hydrogens is 322 g/mol. The number of nitriles is 1. The Morgan fingerprint density at radius 2 is 2.21 bits per heavy atom. The normalized spacial score (nSPS) is 11.4. The van der Waals surface area contributed by atoms with E-state index in [9.17, 15) is 10.1 Å². The van der Waals surface area contributed by atoms with Gasteiger partial charge in [-0.1, -0.05) is 6.92 Å². The minimum Gasteiger partial charge on any atom is -0.455 e. The maximum Gasteiger partial charge on any atom is 0.349 e. The lowest BCUT2D eigenvalue weighted by Gasteiger charge is -2.07. The van der Waals surface area contributed by atoms with Crippen LogP contribution in [0.2, 0.25) is 0 Å². The molecule has 126 valence electrons. The first-order valence-corrected chi connectivity index (χ1v) is 8.70. The lowest BCUT2D eigenvalue weighted by Crippen LogP contribution is -2.07. The molecule has 0 unspecified atom stereocenters. The van der Waals surface area contributed by atoms with Gasteiger partial charge in [0.1, 0.15) is 18.2 Å². The highest BCUT2D eigenvalue weighted by atomic mass is 32.1. The monoisotopic (exact) mass is 343 g/mol. The number of thiazole rings is 1. The van der Waals surface area contributed by atoms with E-state index in [1.807, 2.05) is 38.3 Å². The smallest absolute Gasteiger partial charge is 0.349 e. The standard InChI is InChI=1S/C18H21N3O2S/c1-5-6-21-12(2)7-15(13(21)3)8-16(9-19)18(22)23-10-17-11-24-14(4)20-17/h7-8,11H,5-6,10H2,1-4H3/b16-8+. The number of hydrogen-bond donors (Lipinski definition) is 0. The second-order valence-corrected chi connectivity index (χ2v) is 6.64. The van der Waals surface area contributed by atoms with Crippen molar-refractivity contribution < 1.29 is 9.53 Å². The molecule has 2 aromatic heterocycles. The Balaban J connectivity index is 2.15. The van der Waals surface area contributed by atoms with Crippen molar-refractivity contribution in [2.45, 2.75) is 47.3 Å². The molecule has 0 N–H and O–H groups in total. The Morgan fingerprint density at radius 3 is 2.79 bits per heavy atom. The van der Waals surface area contributed by atoms with Gasteiger partial charge in [0.2, 0.25) is 0 Å². The molecule has 0 saturated carbocycles. The molecule has 0 bridgehead atoms. The van der Waals surface area contributed by atoms with E-state index >= 15 is 0 Å². The number of ether oxygens (including phenoxy) is 1. The van der Waals surface area contributed by atoms with Crippen molar-refractivity contribution in [3.8, 4) is 6.07 Å². The average Bonchev–Trinajstić information content (AvgIpc) is 3.08. The van der Waals surface area contributed by atoms with Gasteiger partial charge in [-0.15, -0.1) is 11.3 Å². The van der Waals surface area contributed by atoms with Crippen LogP contribution in [0.3, 0.4) is 0 Å². The highest BCUT2D eigenvalue weighted by Gasteiger charge is 2.14. The molecular formula is C18H21N3O2S. The van der Waals surface area contributed by atoms with Crippen LogP contribution in [0.15, 0.2) is 17.0 Å². The van der Waals surface area contributed by atoms with Gasteiger partial charge in [-0.25, -0.2) is 9.78 Å². The molecule has 0 spiro atoms. The van der Waals surface area contributed by atoms with Crippen molar-refractivity contribution in [2.75, 3.05) is 0 Å². The molecule has 24 heavy (non-hydrogen) atoms. The van der Waals surface area contributed by atoms with Crippen molar-refractivity contribution >= 4 is 23.4 Å². The van der Waals surface area contributed by atoms with E-state index in [1.54, 1.807) is 6.08 Å². The van der Waals surface area contributed by atoms with Crippen molar-refractivity contribution in [3.63, 3.8) is 0 Å². The van der Waals surface area contributed by atoms with Crippen LogP contribution in [0.4, 0.5) is 0 Å². The highest BCUT2D eigenvalue weighted by molar-refractivity contribution is 7.09. The minimum absolute atomic E-state index is 0.00120. The lowest BCUT2D eigenvalue weighted by molar-refractivity contribution is -0.139. The van der Waals surface area contributed by atoms with Gasteiger partial charge in [0.25, 0.3) is 0 Å². The maximum atomic E-state index is 12.1. The third-order valence-electron chi connectivity index (χ3n) is 3.72. The Kier molecular flexibility index (Phi) is 5.93. The number of esters is 1. The average molecular weight is 343 g/mol. The fourth-order valence-electron chi connectivity index (χ4n) is 2.53. The van der Waals surface area contributed by atoms with E-state index < -0.39 is 5.97 Å². The number of carbonyl (C=O) groups is 1. The van der Waals surface area contributed by atoms with E-state index in [-0.39, 0.29) is 12.2 Å². The summed E-state index contributed by atoms with van der Waals surface area (Å²) in [5.41, 5.74) is 3.73. The molecule has 0 aliphatic carbocycles. The molecule has 0 radical (unpaired) electrons. The quantitative estimate of drug-likeness (QED) is 0.453. The Bertz CT molecular complexity index is 809. The maximum absolute atomic E-state index is 12.1. The number of rotatable bonds is 6. The van der Waals surface area contributed by atoms with E-state index in [1.165, 1.54) is 11.3 Å². The first kappa shape index (κ1) is 18.0. The summed E-state index contributed by atoms with van der Waals surface area (Å²) in [4.78, 5) is 16.4. The summed E-state index contributed by atoms with van der Waals surface area (Å²) in [6.07, 6.45) is 2.63. The van der Waals surface area contributed by atoms with Crippen LogP contribution in [0.1, 0.15) is 41.0 Å². The first-order valence-electron chi connectivity index (χ1n) is 7.83. The Labute approximate surface area is 146 Å². The summed E-state index contributed by atoms with van der Waals surface area (Å²) in [5.74, 6) is -0.622. The molecule has 6 heteroatoms. The van der Waals surface area contributed by atoms with Crippen LogP contribution < -0.4 is 0 Å². The highest BCUT2D eigenvalue weighted by Crippen LogP contribution is 2.19. The molecule has 2 heterocycles. The summed E-state index contributed by atoms with van der Waals surface area (Å²) in [6.45, 7) is 9.02. The second kappa shape index (κ2) is 7.93. The largest absolute Gasteiger partial charge is 0.455 e. The molecule has 0 amide bonds. The second-order valence-electron chi connectivity index (χ2n) is 5.58. The minimum atomic E-state index is -0.622. The molecule has 0 aromatic carbocycles. The number of nitrogens with zero attached hydrogens (tertiary/aromatic N) is 3. The summed E-state index contributed by atoms with van der Waals surface area (Å²) in [7, 11) is 0. The van der Waals surface area contributed by atoms with E-state index in [0.29, 0.717) is 5.69 Å². The van der Waals surface area contributed by atoms with Gasteiger partial charge < -0.3 is 9.30 Å². The van der Waals surface area contributed by atoms with Crippen LogP contribution in [-0.4, -0.2) is 15.5 Å². The summed E-state index contributed by atoms with van der Waals surface area (Å²) in [6, 6.07) is 3.92. The van der Waals surface area contributed by atoms with Crippen molar-refractivity contribution in [3.05, 3.63) is 44.7 Å². The number of aromatic nitrogens is 2.